The van der Waals surface area contributed by atoms with E-state index < -0.39 is 0 Å². The number of benzene rings is 2. The summed E-state index contributed by atoms with van der Waals surface area (Å²) in [5.74, 6) is 0. The highest BCUT2D eigenvalue weighted by molar-refractivity contribution is 6.30. The fourth-order valence-corrected chi connectivity index (χ4v) is 1.99. The van der Waals surface area contributed by atoms with Crippen LogP contribution in [0.2, 0.25) is 5.02 Å². The van der Waals surface area contributed by atoms with Gasteiger partial charge >= 0.3 is 0 Å². The monoisotopic (exact) mass is 243 g/mol. The Hall–Kier alpha value is -1.80. The quantitative estimate of drug-likeness (QED) is 0.631. The molecular formula is C14H10ClNO. The van der Waals surface area contributed by atoms with Crippen LogP contribution in [-0.4, -0.2) is 5.16 Å². The highest BCUT2D eigenvalue weighted by Gasteiger charge is 2.09. The van der Waals surface area contributed by atoms with Crippen molar-refractivity contribution in [2.24, 2.45) is 0 Å². The van der Waals surface area contributed by atoms with E-state index in [0.29, 0.717) is 0 Å². The van der Waals surface area contributed by atoms with E-state index in [4.69, 9.17) is 16.1 Å². The Morgan fingerprint density at radius 2 is 1.82 bits per heavy atom. The Morgan fingerprint density at radius 3 is 2.59 bits per heavy atom. The summed E-state index contributed by atoms with van der Waals surface area (Å²) >= 11 is 5.87. The Balaban J connectivity index is 2.23. The molecule has 3 rings (SSSR count). The number of nitrogens with zero attached hydrogens (tertiary/aromatic N) is 1. The van der Waals surface area contributed by atoms with E-state index in [9.17, 15) is 0 Å². The molecule has 0 N–H and O–H groups in total. The number of hydrogen-bond donors (Lipinski definition) is 0. The van der Waals surface area contributed by atoms with Crippen molar-refractivity contribution in [2.75, 3.05) is 0 Å². The van der Waals surface area contributed by atoms with Crippen molar-refractivity contribution >= 4 is 22.6 Å². The molecule has 0 spiro atoms. The van der Waals surface area contributed by atoms with Gasteiger partial charge in [-0.25, -0.2) is 0 Å². The first-order valence-corrected chi connectivity index (χ1v) is 5.74. The average molecular weight is 244 g/mol. The molecule has 3 heteroatoms. The van der Waals surface area contributed by atoms with Gasteiger partial charge in [-0.15, -0.1) is 0 Å². The van der Waals surface area contributed by atoms with E-state index in [1.165, 1.54) is 5.56 Å². The first-order chi connectivity index (χ1) is 8.24. The van der Waals surface area contributed by atoms with Gasteiger partial charge in [0.1, 0.15) is 5.69 Å². The van der Waals surface area contributed by atoms with E-state index in [-0.39, 0.29) is 0 Å². The zero-order chi connectivity index (χ0) is 11.8. The minimum Gasteiger partial charge on any atom is -0.356 e. The molecule has 0 radical (unpaired) electrons. The summed E-state index contributed by atoms with van der Waals surface area (Å²) in [5.41, 5.74) is 3.87. The summed E-state index contributed by atoms with van der Waals surface area (Å²) in [5, 5.41) is 5.87. The minimum absolute atomic E-state index is 0.720. The summed E-state index contributed by atoms with van der Waals surface area (Å²) in [6.07, 6.45) is 0. The largest absolute Gasteiger partial charge is 0.356 e. The molecule has 1 aromatic heterocycles. The third-order valence-electron chi connectivity index (χ3n) is 2.74. The number of hydrogen-bond acceptors (Lipinski definition) is 2. The molecular weight excluding hydrogens is 234 g/mol. The highest BCUT2D eigenvalue weighted by Crippen LogP contribution is 2.29. The van der Waals surface area contributed by atoms with Gasteiger partial charge < -0.3 is 4.52 Å². The maximum atomic E-state index is 5.87. The van der Waals surface area contributed by atoms with E-state index in [1.807, 2.05) is 36.4 Å². The first kappa shape index (κ1) is 10.4. The molecule has 0 unspecified atom stereocenters. The normalized spacial score (nSPS) is 10.9. The predicted molar refractivity (Wildman–Crippen MR) is 69.2 cm³/mol. The fraction of sp³-hybridized carbons (Fsp3) is 0.0714. The third kappa shape index (κ3) is 1.81. The molecule has 17 heavy (non-hydrogen) atoms. The summed E-state index contributed by atoms with van der Waals surface area (Å²) in [6, 6.07) is 13.6. The van der Waals surface area contributed by atoms with Gasteiger partial charge in [-0.05, 0) is 31.2 Å². The number of aromatic nitrogens is 1. The van der Waals surface area contributed by atoms with E-state index in [2.05, 4.69) is 18.1 Å². The molecule has 1 heterocycles. The van der Waals surface area contributed by atoms with Crippen LogP contribution < -0.4 is 0 Å². The average Bonchev–Trinajstić information content (AvgIpc) is 2.73. The maximum Gasteiger partial charge on any atom is 0.167 e. The predicted octanol–water partition coefficient (Wildman–Crippen LogP) is 4.46. The van der Waals surface area contributed by atoms with Gasteiger partial charge in [0.2, 0.25) is 0 Å². The van der Waals surface area contributed by atoms with Crippen molar-refractivity contribution in [3.05, 3.63) is 53.1 Å². The third-order valence-corrected chi connectivity index (χ3v) is 3.00. The molecule has 0 atom stereocenters. The highest BCUT2D eigenvalue weighted by atomic mass is 35.5. The van der Waals surface area contributed by atoms with Crippen molar-refractivity contribution in [3.63, 3.8) is 0 Å². The Kier molecular flexibility index (Phi) is 2.37. The van der Waals surface area contributed by atoms with E-state index >= 15 is 0 Å². The number of rotatable bonds is 1. The Bertz CT molecular complexity index is 670. The van der Waals surface area contributed by atoms with Crippen LogP contribution in [0.3, 0.4) is 0 Å². The molecule has 2 nitrogen and oxygen atoms in total. The Morgan fingerprint density at radius 1 is 1.06 bits per heavy atom. The number of fused-ring (bicyclic) bond motifs is 1. The number of halogens is 1. The standard InChI is InChI=1S/C14H10ClNO/c1-9-2-7-13-12(8-9)14(16-17-13)10-3-5-11(15)6-4-10/h2-8H,1H3. The van der Waals surface area contributed by atoms with Gasteiger partial charge in [0, 0.05) is 16.0 Å². The Labute approximate surface area is 104 Å². The second-order valence-electron chi connectivity index (χ2n) is 4.04. The summed E-state index contributed by atoms with van der Waals surface area (Å²) in [6.45, 7) is 2.05. The van der Waals surface area contributed by atoms with Crippen molar-refractivity contribution in [2.45, 2.75) is 6.92 Å². The van der Waals surface area contributed by atoms with E-state index in [0.717, 1.165) is 27.2 Å². The SMILES string of the molecule is Cc1ccc2onc(-c3ccc(Cl)cc3)c2c1. The lowest BCUT2D eigenvalue weighted by molar-refractivity contribution is 0.459. The van der Waals surface area contributed by atoms with Crippen LogP contribution in [0.15, 0.2) is 47.0 Å². The molecule has 0 bridgehead atoms. The van der Waals surface area contributed by atoms with Gasteiger partial charge in [0.05, 0.1) is 0 Å². The molecule has 84 valence electrons. The van der Waals surface area contributed by atoms with Crippen LogP contribution in [0.4, 0.5) is 0 Å². The topological polar surface area (TPSA) is 26.0 Å². The zero-order valence-corrected chi connectivity index (χ0v) is 10.0. The molecule has 2 aromatic carbocycles. The first-order valence-electron chi connectivity index (χ1n) is 5.36. The molecule has 0 fully saturated rings. The zero-order valence-electron chi connectivity index (χ0n) is 9.27. The molecule has 3 aromatic rings. The second-order valence-corrected chi connectivity index (χ2v) is 4.47. The number of aryl methyl sites for hydroxylation is 1. The molecule has 0 amide bonds. The van der Waals surface area contributed by atoms with Gasteiger partial charge in [0.15, 0.2) is 5.58 Å². The van der Waals surface area contributed by atoms with Gasteiger partial charge in [-0.2, -0.15) is 0 Å². The van der Waals surface area contributed by atoms with Crippen molar-refractivity contribution in [1.82, 2.24) is 5.16 Å². The summed E-state index contributed by atoms with van der Waals surface area (Å²) in [4.78, 5) is 0. The lowest BCUT2D eigenvalue weighted by atomic mass is 10.1. The van der Waals surface area contributed by atoms with Crippen LogP contribution >= 0.6 is 11.6 Å². The minimum atomic E-state index is 0.720. The summed E-state index contributed by atoms with van der Waals surface area (Å²) in [7, 11) is 0. The lowest BCUT2D eigenvalue weighted by Crippen LogP contribution is -1.78. The summed E-state index contributed by atoms with van der Waals surface area (Å²) < 4.78 is 5.31. The van der Waals surface area contributed by atoms with Crippen molar-refractivity contribution in [1.29, 1.82) is 0 Å². The van der Waals surface area contributed by atoms with Gasteiger partial charge in [-0.3, -0.25) is 0 Å². The van der Waals surface area contributed by atoms with Crippen LogP contribution in [0.25, 0.3) is 22.2 Å². The molecule has 0 aliphatic heterocycles. The fourth-order valence-electron chi connectivity index (χ4n) is 1.87. The second kappa shape index (κ2) is 3.90. The van der Waals surface area contributed by atoms with Crippen LogP contribution in [-0.2, 0) is 0 Å². The van der Waals surface area contributed by atoms with Crippen LogP contribution in [0, 0.1) is 6.92 Å². The maximum absolute atomic E-state index is 5.87. The molecule has 0 aliphatic carbocycles. The molecule has 0 saturated heterocycles. The molecule has 0 aliphatic rings. The van der Waals surface area contributed by atoms with Crippen LogP contribution in [0.5, 0.6) is 0 Å². The van der Waals surface area contributed by atoms with Gasteiger partial charge in [-0.1, -0.05) is 40.5 Å². The van der Waals surface area contributed by atoms with E-state index in [1.54, 1.807) is 0 Å². The van der Waals surface area contributed by atoms with Crippen molar-refractivity contribution in [3.8, 4) is 11.3 Å². The van der Waals surface area contributed by atoms with Crippen LogP contribution in [0.1, 0.15) is 5.56 Å². The lowest BCUT2D eigenvalue weighted by Gasteiger charge is -1.97. The molecule has 0 saturated carbocycles. The van der Waals surface area contributed by atoms with Crippen molar-refractivity contribution < 1.29 is 4.52 Å². The smallest absolute Gasteiger partial charge is 0.167 e. The van der Waals surface area contributed by atoms with Gasteiger partial charge in [0.25, 0.3) is 0 Å².